The van der Waals surface area contributed by atoms with Crippen molar-refractivity contribution in [3.05, 3.63) is 23.8 Å². The number of ether oxygens (including phenoxy) is 1. The molecule has 1 rings (SSSR count). The van der Waals surface area contributed by atoms with Gasteiger partial charge in [-0.2, -0.15) is 13.2 Å². The van der Waals surface area contributed by atoms with Crippen molar-refractivity contribution in [1.82, 2.24) is 0 Å². The Labute approximate surface area is 84.3 Å². The maximum Gasteiger partial charge on any atom is 0.407 e. The van der Waals surface area contributed by atoms with Gasteiger partial charge < -0.3 is 15.6 Å². The maximum absolute atomic E-state index is 12.2. The molecule has 0 aliphatic heterocycles. The summed E-state index contributed by atoms with van der Waals surface area (Å²) in [6.45, 7) is 0. The zero-order valence-electron chi connectivity index (χ0n) is 7.88. The van der Waals surface area contributed by atoms with E-state index >= 15 is 0 Å². The van der Waals surface area contributed by atoms with Gasteiger partial charge in [0.15, 0.2) is 0 Å². The molecule has 0 spiro atoms. The lowest BCUT2D eigenvalue weighted by atomic mass is 10.1. The molecule has 0 unspecified atom stereocenters. The van der Waals surface area contributed by atoms with Crippen LogP contribution in [0.25, 0.3) is 0 Å². The predicted octanol–water partition coefficient (Wildman–Crippen LogP) is 1.96. The topological polar surface area (TPSA) is 55.5 Å². The number of aromatic hydroxyl groups is 1. The van der Waals surface area contributed by atoms with Crippen molar-refractivity contribution in [2.75, 3.05) is 7.11 Å². The largest absolute Gasteiger partial charge is 0.507 e. The number of phenolic OH excluding ortho intramolecular Hbond substituents is 1. The number of phenols is 1. The quantitative estimate of drug-likeness (QED) is 0.802. The third kappa shape index (κ3) is 2.53. The summed E-state index contributed by atoms with van der Waals surface area (Å²) < 4.78 is 41.4. The van der Waals surface area contributed by atoms with Crippen molar-refractivity contribution in [2.45, 2.75) is 12.2 Å². The number of halogens is 3. The van der Waals surface area contributed by atoms with E-state index in [4.69, 9.17) is 10.5 Å². The van der Waals surface area contributed by atoms with Gasteiger partial charge >= 0.3 is 6.18 Å². The number of nitrogens with two attached hydrogens (primary N) is 1. The summed E-state index contributed by atoms with van der Waals surface area (Å²) in [5.74, 6) is -0.259. The van der Waals surface area contributed by atoms with Gasteiger partial charge in [-0.1, -0.05) is 0 Å². The average Bonchev–Trinajstić information content (AvgIpc) is 2.15. The van der Waals surface area contributed by atoms with Crippen molar-refractivity contribution < 1.29 is 23.0 Å². The number of methoxy groups -OCH3 is 1. The third-order valence-electron chi connectivity index (χ3n) is 1.93. The van der Waals surface area contributed by atoms with Crippen LogP contribution in [-0.4, -0.2) is 18.4 Å². The van der Waals surface area contributed by atoms with E-state index in [1.165, 1.54) is 13.2 Å². The molecule has 0 saturated heterocycles. The summed E-state index contributed by atoms with van der Waals surface area (Å²) in [4.78, 5) is 0. The van der Waals surface area contributed by atoms with E-state index in [1.54, 1.807) is 0 Å². The highest BCUT2D eigenvalue weighted by atomic mass is 19.4. The molecule has 0 bridgehead atoms. The Kier molecular flexibility index (Phi) is 3.09. The summed E-state index contributed by atoms with van der Waals surface area (Å²) >= 11 is 0. The van der Waals surface area contributed by atoms with E-state index in [1.807, 2.05) is 0 Å². The van der Waals surface area contributed by atoms with Gasteiger partial charge in [0.1, 0.15) is 17.5 Å². The first-order chi connectivity index (χ1) is 6.86. The lowest BCUT2D eigenvalue weighted by Crippen LogP contribution is -2.28. The van der Waals surface area contributed by atoms with Gasteiger partial charge in [0.2, 0.25) is 0 Å². The second-order valence-corrected chi connectivity index (χ2v) is 2.94. The molecule has 0 aliphatic rings. The summed E-state index contributed by atoms with van der Waals surface area (Å²) in [6.07, 6.45) is -4.58. The molecule has 1 aromatic rings. The average molecular weight is 221 g/mol. The number of hydrogen-bond donors (Lipinski definition) is 2. The van der Waals surface area contributed by atoms with Crippen LogP contribution in [0.3, 0.4) is 0 Å². The lowest BCUT2D eigenvalue weighted by molar-refractivity contribution is -0.149. The summed E-state index contributed by atoms with van der Waals surface area (Å²) in [5.41, 5.74) is 4.57. The first kappa shape index (κ1) is 11.6. The zero-order chi connectivity index (χ0) is 11.6. The second kappa shape index (κ2) is 3.98. The van der Waals surface area contributed by atoms with Gasteiger partial charge in [0, 0.05) is 11.6 Å². The highest BCUT2D eigenvalue weighted by molar-refractivity contribution is 5.41. The summed E-state index contributed by atoms with van der Waals surface area (Å²) in [6, 6.07) is 1.29. The smallest absolute Gasteiger partial charge is 0.407 e. The molecule has 84 valence electrons. The second-order valence-electron chi connectivity index (χ2n) is 2.94. The van der Waals surface area contributed by atoms with Gasteiger partial charge in [-0.15, -0.1) is 0 Å². The fourth-order valence-corrected chi connectivity index (χ4v) is 1.09. The number of hydrogen-bond acceptors (Lipinski definition) is 3. The van der Waals surface area contributed by atoms with E-state index < -0.39 is 18.0 Å². The molecule has 0 heterocycles. The van der Waals surface area contributed by atoms with Crippen LogP contribution in [0.5, 0.6) is 11.5 Å². The van der Waals surface area contributed by atoms with Gasteiger partial charge in [-0.25, -0.2) is 0 Å². The molecule has 15 heavy (non-hydrogen) atoms. The molecule has 0 aliphatic carbocycles. The van der Waals surface area contributed by atoms with Gasteiger partial charge in [-0.3, -0.25) is 0 Å². The van der Waals surface area contributed by atoms with Gasteiger partial charge in [-0.05, 0) is 12.1 Å². The molecule has 0 amide bonds. The van der Waals surface area contributed by atoms with Crippen molar-refractivity contribution in [3.8, 4) is 11.5 Å². The van der Waals surface area contributed by atoms with E-state index in [-0.39, 0.29) is 11.3 Å². The molecule has 0 radical (unpaired) electrons. The highest BCUT2D eigenvalue weighted by Gasteiger charge is 2.39. The van der Waals surface area contributed by atoms with E-state index in [9.17, 15) is 18.3 Å². The normalized spacial score (nSPS) is 13.7. The maximum atomic E-state index is 12.2. The Morgan fingerprint density at radius 3 is 2.40 bits per heavy atom. The minimum atomic E-state index is -4.58. The molecule has 6 heteroatoms. The highest BCUT2D eigenvalue weighted by Crippen LogP contribution is 2.36. The Balaban J connectivity index is 3.06. The fraction of sp³-hybridized carbons (Fsp3) is 0.333. The molecular formula is C9H10F3NO2. The monoisotopic (exact) mass is 221 g/mol. The Morgan fingerprint density at radius 2 is 2.00 bits per heavy atom. The van der Waals surface area contributed by atoms with Crippen LogP contribution in [0, 0.1) is 0 Å². The predicted molar refractivity (Wildman–Crippen MR) is 47.6 cm³/mol. The standard InChI is InChI=1S/C9H10F3NO2/c1-15-5-2-3-6(7(14)4-5)8(13)9(10,11)12/h2-4,8,14H,13H2,1H3/t8-/m0/s1. The van der Waals surface area contributed by atoms with E-state index in [0.29, 0.717) is 0 Å². The first-order valence-corrected chi connectivity index (χ1v) is 4.05. The van der Waals surface area contributed by atoms with Crippen LogP contribution in [0.2, 0.25) is 0 Å². The van der Waals surface area contributed by atoms with E-state index in [0.717, 1.165) is 12.1 Å². The lowest BCUT2D eigenvalue weighted by Gasteiger charge is -2.17. The number of alkyl halides is 3. The zero-order valence-corrected chi connectivity index (χ0v) is 7.88. The van der Waals surface area contributed by atoms with Crippen molar-refractivity contribution in [1.29, 1.82) is 0 Å². The molecule has 1 aromatic carbocycles. The van der Waals surface area contributed by atoms with Crippen LogP contribution in [0.4, 0.5) is 13.2 Å². The van der Waals surface area contributed by atoms with Crippen LogP contribution >= 0.6 is 0 Å². The van der Waals surface area contributed by atoms with Crippen molar-refractivity contribution >= 4 is 0 Å². The van der Waals surface area contributed by atoms with Crippen LogP contribution in [-0.2, 0) is 0 Å². The molecule has 0 fully saturated rings. The molecule has 0 saturated carbocycles. The van der Waals surface area contributed by atoms with Crippen molar-refractivity contribution in [2.24, 2.45) is 5.73 Å². The summed E-state index contributed by atoms with van der Waals surface area (Å²) in [5, 5.41) is 9.30. The number of benzene rings is 1. The third-order valence-corrected chi connectivity index (χ3v) is 1.93. The molecular weight excluding hydrogens is 211 g/mol. The van der Waals surface area contributed by atoms with Gasteiger partial charge in [0.05, 0.1) is 7.11 Å². The van der Waals surface area contributed by atoms with Crippen LogP contribution < -0.4 is 10.5 Å². The summed E-state index contributed by atoms with van der Waals surface area (Å²) in [7, 11) is 1.35. The fourth-order valence-electron chi connectivity index (χ4n) is 1.09. The van der Waals surface area contributed by atoms with E-state index in [2.05, 4.69) is 0 Å². The Hall–Kier alpha value is -1.43. The molecule has 3 nitrogen and oxygen atoms in total. The molecule has 1 atom stereocenters. The minimum Gasteiger partial charge on any atom is -0.507 e. The Morgan fingerprint density at radius 1 is 1.40 bits per heavy atom. The first-order valence-electron chi connectivity index (χ1n) is 4.05. The van der Waals surface area contributed by atoms with Crippen LogP contribution in [0.1, 0.15) is 11.6 Å². The number of rotatable bonds is 2. The minimum absolute atomic E-state index is 0.269. The van der Waals surface area contributed by atoms with Crippen molar-refractivity contribution in [3.63, 3.8) is 0 Å². The Bertz CT molecular complexity index is 352. The van der Waals surface area contributed by atoms with Gasteiger partial charge in [0.25, 0.3) is 0 Å². The molecule has 0 aromatic heterocycles. The molecule has 3 N–H and O–H groups in total. The van der Waals surface area contributed by atoms with Crippen LogP contribution in [0.15, 0.2) is 18.2 Å². The SMILES string of the molecule is COc1ccc([C@H](N)C(F)(F)F)c(O)c1.